The summed E-state index contributed by atoms with van der Waals surface area (Å²) in [6.45, 7) is 6.51. The average molecular weight is 397 g/mol. The molecule has 0 radical (unpaired) electrons. The number of carbonyl (C=O) groups is 1. The van der Waals surface area contributed by atoms with Crippen molar-refractivity contribution in [3.05, 3.63) is 77.8 Å². The second-order valence-electron chi connectivity index (χ2n) is 8.31. The highest BCUT2D eigenvalue weighted by atomic mass is 19.1. The lowest BCUT2D eigenvalue weighted by molar-refractivity contribution is -0.119. The van der Waals surface area contributed by atoms with E-state index >= 15 is 0 Å². The van der Waals surface area contributed by atoms with E-state index in [0.29, 0.717) is 18.1 Å². The largest absolute Gasteiger partial charge is 0.370 e. The summed E-state index contributed by atoms with van der Waals surface area (Å²) in [4.78, 5) is 16.4. The third-order valence-corrected chi connectivity index (χ3v) is 4.97. The topological polar surface area (TPSA) is 60.9 Å². The van der Waals surface area contributed by atoms with Crippen LogP contribution in [-0.2, 0) is 11.3 Å². The number of amides is 1. The first-order valence-electron chi connectivity index (χ1n) is 9.50. The Morgan fingerprint density at radius 2 is 1.83 bits per heavy atom. The van der Waals surface area contributed by atoms with Gasteiger partial charge in [-0.15, -0.1) is 0 Å². The van der Waals surface area contributed by atoms with Crippen molar-refractivity contribution in [1.82, 2.24) is 9.55 Å². The molecule has 2 aromatic carbocycles. The molecule has 152 valence electrons. The summed E-state index contributed by atoms with van der Waals surface area (Å²) >= 11 is 0. The van der Waals surface area contributed by atoms with Crippen LogP contribution >= 0.6 is 0 Å². The Kier molecular flexibility index (Phi) is 5.82. The first kappa shape index (κ1) is 20.7. The molecule has 29 heavy (non-hydrogen) atoms. The molecule has 1 amide bonds. The number of carbonyl (C=O) groups excluding carboxylic acids is 1. The molecule has 1 heterocycles. The van der Waals surface area contributed by atoms with Gasteiger partial charge in [-0.2, -0.15) is 0 Å². The van der Waals surface area contributed by atoms with Gasteiger partial charge in [0, 0.05) is 30.6 Å². The van der Waals surface area contributed by atoms with Gasteiger partial charge in [-0.3, -0.25) is 4.79 Å². The summed E-state index contributed by atoms with van der Waals surface area (Å²) in [5.74, 6) is -1.18. The predicted molar refractivity (Wildman–Crippen MR) is 109 cm³/mol. The van der Waals surface area contributed by atoms with Gasteiger partial charge in [0.1, 0.15) is 17.5 Å². The molecule has 2 N–H and O–H groups in total. The molecule has 4 nitrogen and oxygen atoms in total. The van der Waals surface area contributed by atoms with Crippen LogP contribution < -0.4 is 5.73 Å². The Hall–Kier alpha value is -3.02. The van der Waals surface area contributed by atoms with Crippen LogP contribution in [0.2, 0.25) is 0 Å². The second-order valence-corrected chi connectivity index (χ2v) is 8.31. The molecule has 0 bridgehead atoms. The molecule has 0 aliphatic rings. The maximum Gasteiger partial charge on any atom is 0.218 e. The molecule has 1 atom stereocenters. The van der Waals surface area contributed by atoms with Crippen molar-refractivity contribution in [2.24, 2.45) is 11.1 Å². The minimum Gasteiger partial charge on any atom is -0.370 e. The summed E-state index contributed by atoms with van der Waals surface area (Å²) in [6, 6.07) is 13.1. The van der Waals surface area contributed by atoms with Crippen molar-refractivity contribution in [3.8, 4) is 11.3 Å². The monoisotopic (exact) mass is 397 g/mol. The Bertz CT molecular complexity index is 1010. The van der Waals surface area contributed by atoms with Gasteiger partial charge >= 0.3 is 0 Å². The average Bonchev–Trinajstić information content (AvgIpc) is 3.04. The zero-order valence-electron chi connectivity index (χ0n) is 16.8. The van der Waals surface area contributed by atoms with Crippen molar-refractivity contribution in [2.45, 2.75) is 39.7 Å². The SMILES string of the molecule is CC(C)(C)[C@@H](CC(N)=O)c1nc(-c2cc(F)ccc2F)cn1Cc1ccccc1. The minimum atomic E-state index is -0.551. The lowest BCUT2D eigenvalue weighted by atomic mass is 9.78. The van der Waals surface area contributed by atoms with E-state index in [2.05, 4.69) is 4.98 Å². The molecule has 0 saturated heterocycles. The van der Waals surface area contributed by atoms with Gasteiger partial charge in [-0.1, -0.05) is 51.1 Å². The number of imidazole rings is 1. The summed E-state index contributed by atoms with van der Waals surface area (Å²) in [5.41, 5.74) is 6.64. The number of rotatable bonds is 6. The summed E-state index contributed by atoms with van der Waals surface area (Å²) in [7, 11) is 0. The predicted octanol–water partition coefficient (Wildman–Crippen LogP) is 4.88. The maximum atomic E-state index is 14.4. The molecule has 0 spiro atoms. The molecule has 0 aliphatic carbocycles. The fourth-order valence-electron chi connectivity index (χ4n) is 3.42. The molecule has 0 fully saturated rings. The second kappa shape index (κ2) is 8.15. The fraction of sp³-hybridized carbons (Fsp3) is 0.304. The molecule has 3 aromatic rings. The van der Waals surface area contributed by atoms with Crippen molar-refractivity contribution in [1.29, 1.82) is 0 Å². The molecule has 1 aromatic heterocycles. The van der Waals surface area contributed by atoms with Gasteiger partial charge < -0.3 is 10.3 Å². The van der Waals surface area contributed by atoms with Gasteiger partial charge in [-0.05, 0) is 29.2 Å². The zero-order valence-corrected chi connectivity index (χ0v) is 16.8. The quantitative estimate of drug-likeness (QED) is 0.644. The van der Waals surface area contributed by atoms with Crippen molar-refractivity contribution in [3.63, 3.8) is 0 Å². The van der Waals surface area contributed by atoms with Crippen molar-refractivity contribution in [2.75, 3.05) is 0 Å². The van der Waals surface area contributed by atoms with Crippen LogP contribution in [0.1, 0.15) is 44.5 Å². The summed E-state index contributed by atoms with van der Waals surface area (Å²) in [5, 5.41) is 0. The van der Waals surface area contributed by atoms with Crippen LogP contribution in [0.4, 0.5) is 8.78 Å². The Balaban J connectivity index is 2.15. The maximum absolute atomic E-state index is 14.4. The van der Waals surface area contributed by atoms with Crippen LogP contribution in [0.5, 0.6) is 0 Å². The summed E-state index contributed by atoms with van der Waals surface area (Å²) in [6.07, 6.45) is 1.82. The molecule has 0 unspecified atom stereocenters. The standard InChI is InChI=1S/C23H25F2N3O/c1-23(2,3)18(12-21(26)29)22-27-20(17-11-16(24)9-10-19(17)25)14-28(22)13-15-7-5-4-6-8-15/h4-11,14,18H,12-13H2,1-3H3,(H2,26,29)/t18-/m0/s1. The van der Waals surface area contributed by atoms with Crippen LogP contribution in [0.3, 0.4) is 0 Å². The highest BCUT2D eigenvalue weighted by Crippen LogP contribution is 2.38. The molecule has 3 rings (SSSR count). The Morgan fingerprint density at radius 1 is 1.14 bits per heavy atom. The van der Waals surface area contributed by atoms with Crippen molar-refractivity contribution >= 4 is 5.91 Å². The minimum absolute atomic E-state index is 0.0878. The lowest BCUT2D eigenvalue weighted by Crippen LogP contribution is -2.27. The fourth-order valence-corrected chi connectivity index (χ4v) is 3.42. The first-order chi connectivity index (χ1) is 13.6. The number of halogens is 2. The van der Waals surface area contributed by atoms with Gasteiger partial charge in [-0.25, -0.2) is 13.8 Å². The number of aromatic nitrogens is 2. The Morgan fingerprint density at radius 3 is 2.45 bits per heavy atom. The van der Waals surface area contributed by atoms with Gasteiger partial charge in [0.25, 0.3) is 0 Å². The molecule has 6 heteroatoms. The zero-order chi connectivity index (χ0) is 21.2. The van der Waals surface area contributed by atoms with Crippen LogP contribution in [-0.4, -0.2) is 15.5 Å². The van der Waals surface area contributed by atoms with Gasteiger partial charge in [0.05, 0.1) is 5.69 Å². The number of hydrogen-bond acceptors (Lipinski definition) is 2. The number of hydrogen-bond donors (Lipinski definition) is 1. The van der Waals surface area contributed by atoms with Crippen LogP contribution in [0.25, 0.3) is 11.3 Å². The first-order valence-corrected chi connectivity index (χ1v) is 9.50. The third kappa shape index (κ3) is 4.88. The number of nitrogens with zero attached hydrogens (tertiary/aromatic N) is 2. The Labute approximate surface area is 169 Å². The van der Waals surface area contributed by atoms with Gasteiger partial charge in [0.15, 0.2) is 0 Å². The smallest absolute Gasteiger partial charge is 0.218 e. The van der Waals surface area contributed by atoms with Gasteiger partial charge in [0.2, 0.25) is 5.91 Å². The normalized spacial score (nSPS) is 12.7. The lowest BCUT2D eigenvalue weighted by Gasteiger charge is -2.30. The number of primary amides is 1. The van der Waals surface area contributed by atoms with E-state index in [9.17, 15) is 13.6 Å². The molecule has 0 saturated carbocycles. The highest BCUT2D eigenvalue weighted by Gasteiger charge is 2.32. The molecular weight excluding hydrogens is 372 g/mol. The number of nitrogens with two attached hydrogens (primary N) is 1. The number of benzene rings is 2. The van der Waals surface area contributed by atoms with E-state index in [-0.39, 0.29) is 23.3 Å². The van der Waals surface area contributed by atoms with E-state index in [1.165, 1.54) is 0 Å². The summed E-state index contributed by atoms with van der Waals surface area (Å²) < 4.78 is 30.0. The van der Waals surface area contributed by atoms with Crippen LogP contribution in [0, 0.1) is 17.0 Å². The van der Waals surface area contributed by atoms with E-state index in [0.717, 1.165) is 23.8 Å². The van der Waals surface area contributed by atoms with E-state index in [4.69, 9.17) is 5.73 Å². The third-order valence-electron chi connectivity index (χ3n) is 4.97. The highest BCUT2D eigenvalue weighted by molar-refractivity contribution is 5.74. The van der Waals surface area contributed by atoms with E-state index in [1.54, 1.807) is 6.20 Å². The molecule has 0 aliphatic heterocycles. The van der Waals surface area contributed by atoms with Crippen LogP contribution in [0.15, 0.2) is 54.7 Å². The van der Waals surface area contributed by atoms with E-state index in [1.807, 2.05) is 55.7 Å². The molecular formula is C23H25F2N3O. The van der Waals surface area contributed by atoms with E-state index < -0.39 is 17.5 Å². The van der Waals surface area contributed by atoms with Crippen molar-refractivity contribution < 1.29 is 13.6 Å².